The number of aryl methyl sites for hydroxylation is 1. The molecule has 25 heavy (non-hydrogen) atoms. The highest BCUT2D eigenvalue weighted by atomic mass is 32.2. The first-order chi connectivity index (χ1) is 11.6. The van der Waals surface area contributed by atoms with Gasteiger partial charge in [-0.1, -0.05) is 17.7 Å². The molecule has 136 valence electrons. The molecule has 0 saturated heterocycles. The largest absolute Gasteiger partial charge is 0.459 e. The third-order valence-corrected chi connectivity index (χ3v) is 5.50. The lowest BCUT2D eigenvalue weighted by Crippen LogP contribution is -2.58. The van der Waals surface area contributed by atoms with Gasteiger partial charge in [0.15, 0.2) is 0 Å². The monoisotopic (exact) mass is 372 g/mol. The van der Waals surface area contributed by atoms with Crippen molar-refractivity contribution in [2.45, 2.75) is 36.7 Å². The molecule has 0 atom stereocenters. The highest BCUT2D eigenvalue weighted by molar-refractivity contribution is 7.86. The van der Waals surface area contributed by atoms with E-state index in [1.54, 1.807) is 19.1 Å². The minimum Gasteiger partial charge on any atom is -0.299 e. The number of carbonyl (C=O) groups is 1. The quantitative estimate of drug-likeness (QED) is 0.287. The zero-order valence-electron chi connectivity index (χ0n) is 13.3. The SMILES string of the molecule is Cc1ccc(S(=O)(=O)OCCC(=O)C2CC([N+](=O)[O-])([N+](=O)[O-])C2)cc1. The Labute approximate surface area is 143 Å². The lowest BCUT2D eigenvalue weighted by atomic mass is 9.72. The molecule has 0 aliphatic heterocycles. The lowest BCUT2D eigenvalue weighted by Gasteiger charge is -2.31. The second-order valence-corrected chi connectivity index (χ2v) is 7.52. The van der Waals surface area contributed by atoms with E-state index in [9.17, 15) is 33.4 Å². The average Bonchev–Trinajstić information content (AvgIpc) is 2.45. The number of nitro groups is 2. The third kappa shape index (κ3) is 3.82. The first-order valence-corrected chi connectivity index (χ1v) is 8.77. The maximum Gasteiger partial charge on any atom is 0.459 e. The summed E-state index contributed by atoms with van der Waals surface area (Å²) >= 11 is 0. The normalized spacial score (nSPS) is 16.8. The molecule has 2 rings (SSSR count). The van der Waals surface area contributed by atoms with Gasteiger partial charge in [-0.25, -0.2) is 0 Å². The summed E-state index contributed by atoms with van der Waals surface area (Å²) < 4.78 is 28.7. The van der Waals surface area contributed by atoms with Crippen molar-refractivity contribution < 1.29 is 27.2 Å². The molecule has 1 aliphatic carbocycles. The number of carbonyl (C=O) groups excluding carboxylic acids is 1. The summed E-state index contributed by atoms with van der Waals surface area (Å²) in [5.41, 5.74) is -1.44. The summed E-state index contributed by atoms with van der Waals surface area (Å²) in [4.78, 5) is 31.5. The van der Waals surface area contributed by atoms with Crippen molar-refractivity contribution in [3.63, 3.8) is 0 Å². The fourth-order valence-corrected chi connectivity index (χ4v) is 3.46. The van der Waals surface area contributed by atoms with E-state index in [0.29, 0.717) is 0 Å². The van der Waals surface area contributed by atoms with Crippen molar-refractivity contribution in [1.82, 2.24) is 0 Å². The van der Waals surface area contributed by atoms with Crippen LogP contribution in [-0.4, -0.2) is 36.3 Å². The molecule has 0 N–H and O–H groups in total. The van der Waals surface area contributed by atoms with Gasteiger partial charge in [-0.3, -0.25) is 29.2 Å². The Balaban J connectivity index is 1.86. The first-order valence-electron chi connectivity index (χ1n) is 7.36. The minimum atomic E-state index is -4.01. The molecular formula is C14H16N2O8S. The fourth-order valence-electron chi connectivity index (χ4n) is 2.55. The predicted molar refractivity (Wildman–Crippen MR) is 83.4 cm³/mol. The Morgan fingerprint density at radius 3 is 2.20 bits per heavy atom. The standard InChI is InChI=1S/C14H16N2O8S/c1-10-2-4-12(5-3-10)25(22,23)24-7-6-13(17)11-8-14(9-11,15(18)19)16(20)21/h2-5,11H,6-9H2,1H3. The molecule has 1 fully saturated rings. The van der Waals surface area contributed by atoms with Gasteiger partial charge in [-0.15, -0.1) is 0 Å². The van der Waals surface area contributed by atoms with Crippen molar-refractivity contribution in [2.24, 2.45) is 5.92 Å². The van der Waals surface area contributed by atoms with E-state index < -0.39 is 56.8 Å². The summed E-state index contributed by atoms with van der Waals surface area (Å²) in [5.74, 6) is -1.32. The summed E-state index contributed by atoms with van der Waals surface area (Å²) in [7, 11) is -4.01. The highest BCUT2D eigenvalue weighted by Gasteiger charge is 2.67. The molecule has 0 bridgehead atoms. The number of hydrogen-bond acceptors (Lipinski definition) is 8. The van der Waals surface area contributed by atoms with Crippen LogP contribution in [0.5, 0.6) is 0 Å². The second-order valence-electron chi connectivity index (χ2n) is 5.91. The molecule has 1 aliphatic rings. The minimum absolute atomic E-state index is 0.0464. The van der Waals surface area contributed by atoms with E-state index in [-0.39, 0.29) is 11.3 Å². The van der Waals surface area contributed by atoms with Gasteiger partial charge in [0.2, 0.25) is 0 Å². The zero-order valence-corrected chi connectivity index (χ0v) is 14.1. The van der Waals surface area contributed by atoms with Crippen LogP contribution in [0.2, 0.25) is 0 Å². The van der Waals surface area contributed by atoms with Crippen LogP contribution in [0.4, 0.5) is 0 Å². The number of nitrogens with zero attached hydrogens (tertiary/aromatic N) is 2. The molecule has 0 aromatic heterocycles. The Kier molecular flexibility index (Phi) is 5.18. The predicted octanol–water partition coefficient (Wildman–Crippen LogP) is 1.32. The topological polar surface area (TPSA) is 147 Å². The first kappa shape index (κ1) is 18.9. The van der Waals surface area contributed by atoms with Crippen LogP contribution in [-0.2, 0) is 19.1 Å². The molecule has 1 aromatic carbocycles. The van der Waals surface area contributed by atoms with Gasteiger partial charge in [0.1, 0.15) is 5.78 Å². The van der Waals surface area contributed by atoms with Crippen LogP contribution >= 0.6 is 0 Å². The van der Waals surface area contributed by atoms with E-state index in [2.05, 4.69) is 0 Å². The van der Waals surface area contributed by atoms with E-state index in [1.165, 1.54) is 12.1 Å². The molecule has 0 unspecified atom stereocenters. The van der Waals surface area contributed by atoms with E-state index in [1.807, 2.05) is 0 Å². The number of hydrogen-bond donors (Lipinski definition) is 0. The third-order valence-electron chi connectivity index (χ3n) is 4.18. The smallest absolute Gasteiger partial charge is 0.299 e. The zero-order chi connectivity index (χ0) is 18.8. The molecule has 0 amide bonds. The van der Waals surface area contributed by atoms with Crippen molar-refractivity contribution in [3.05, 3.63) is 50.1 Å². The fraction of sp³-hybridized carbons (Fsp3) is 0.500. The Morgan fingerprint density at radius 2 is 1.72 bits per heavy atom. The van der Waals surface area contributed by atoms with Crippen LogP contribution in [0.15, 0.2) is 29.2 Å². The van der Waals surface area contributed by atoms with Crippen molar-refractivity contribution in [1.29, 1.82) is 0 Å². The average molecular weight is 372 g/mol. The van der Waals surface area contributed by atoms with Crippen molar-refractivity contribution in [2.75, 3.05) is 6.61 Å². The van der Waals surface area contributed by atoms with Gasteiger partial charge in [0.05, 0.1) is 34.2 Å². The van der Waals surface area contributed by atoms with Crippen LogP contribution in [0.1, 0.15) is 24.8 Å². The molecule has 0 heterocycles. The Hall–Kier alpha value is -2.40. The molecule has 10 nitrogen and oxygen atoms in total. The molecule has 0 radical (unpaired) electrons. The molecular weight excluding hydrogens is 356 g/mol. The highest BCUT2D eigenvalue weighted by Crippen LogP contribution is 2.41. The van der Waals surface area contributed by atoms with Gasteiger partial charge in [-0.2, -0.15) is 8.42 Å². The van der Waals surface area contributed by atoms with Gasteiger partial charge >= 0.3 is 5.66 Å². The van der Waals surface area contributed by atoms with Crippen molar-refractivity contribution in [3.8, 4) is 0 Å². The van der Waals surface area contributed by atoms with Crippen molar-refractivity contribution >= 4 is 15.9 Å². The van der Waals surface area contributed by atoms with Crippen LogP contribution in [0.25, 0.3) is 0 Å². The maximum atomic E-state index is 11.9. The Bertz CT molecular complexity index is 781. The van der Waals surface area contributed by atoms with Gasteiger partial charge in [-0.05, 0) is 19.1 Å². The summed E-state index contributed by atoms with van der Waals surface area (Å²) in [6.07, 6.45) is -1.27. The molecule has 0 spiro atoms. The molecule has 1 aromatic rings. The van der Waals surface area contributed by atoms with Gasteiger partial charge in [0.25, 0.3) is 10.1 Å². The van der Waals surface area contributed by atoms with E-state index in [0.717, 1.165) is 5.56 Å². The summed E-state index contributed by atoms with van der Waals surface area (Å²) in [6, 6.07) is 5.96. The number of ketones is 1. The number of rotatable bonds is 8. The number of Topliss-reactive ketones (excluding diaryl/α,β-unsaturated/α-hetero) is 1. The van der Waals surface area contributed by atoms with Crippen LogP contribution < -0.4 is 0 Å². The van der Waals surface area contributed by atoms with E-state index in [4.69, 9.17) is 4.18 Å². The van der Waals surface area contributed by atoms with Gasteiger partial charge < -0.3 is 0 Å². The Morgan fingerprint density at radius 1 is 1.20 bits per heavy atom. The van der Waals surface area contributed by atoms with Gasteiger partial charge in [0, 0.05) is 12.3 Å². The maximum absolute atomic E-state index is 11.9. The molecule has 1 saturated carbocycles. The number of benzene rings is 1. The lowest BCUT2D eigenvalue weighted by molar-refractivity contribution is -0.813. The van der Waals surface area contributed by atoms with Crippen LogP contribution in [0.3, 0.4) is 0 Å². The van der Waals surface area contributed by atoms with Crippen LogP contribution in [0, 0.1) is 33.1 Å². The molecule has 11 heteroatoms. The van der Waals surface area contributed by atoms with E-state index >= 15 is 0 Å². The summed E-state index contributed by atoms with van der Waals surface area (Å²) in [5, 5.41) is 21.6. The summed E-state index contributed by atoms with van der Waals surface area (Å²) in [6.45, 7) is 1.37. The second kappa shape index (κ2) is 6.84.